The van der Waals surface area contributed by atoms with Crippen molar-refractivity contribution < 1.29 is 9.15 Å². The van der Waals surface area contributed by atoms with Crippen LogP contribution in [0.15, 0.2) is 10.7 Å². The van der Waals surface area contributed by atoms with Gasteiger partial charge in [0, 0.05) is 0 Å². The predicted octanol–water partition coefficient (Wildman–Crippen LogP) is 1.07. The zero-order valence-corrected chi connectivity index (χ0v) is 11.4. The number of rotatable bonds is 3. The molecule has 0 aliphatic carbocycles. The highest BCUT2D eigenvalue weighted by molar-refractivity contribution is 5.78. The van der Waals surface area contributed by atoms with Crippen molar-refractivity contribution in [3.63, 3.8) is 0 Å². The second-order valence-corrected chi connectivity index (χ2v) is 4.36. The van der Waals surface area contributed by atoms with Gasteiger partial charge in [-0.05, 0) is 13.8 Å². The smallest absolute Gasteiger partial charge is 0.245 e. The van der Waals surface area contributed by atoms with E-state index >= 15 is 0 Å². The number of anilines is 1. The monoisotopic (exact) mass is 274 g/mol. The molecule has 3 aromatic rings. The van der Waals surface area contributed by atoms with Gasteiger partial charge in [0.15, 0.2) is 11.2 Å². The van der Waals surface area contributed by atoms with Crippen molar-refractivity contribution in [2.45, 2.75) is 20.4 Å². The van der Waals surface area contributed by atoms with Gasteiger partial charge >= 0.3 is 0 Å². The number of oxazole rings is 1. The molecule has 0 saturated heterocycles. The number of aryl methyl sites for hydroxylation is 2. The molecule has 0 unspecified atom stereocenters. The Morgan fingerprint density at radius 3 is 2.75 bits per heavy atom. The topological polar surface area (TPSA) is 105 Å². The maximum absolute atomic E-state index is 5.93. The summed E-state index contributed by atoms with van der Waals surface area (Å²) in [7, 11) is 1.53. The second kappa shape index (κ2) is 4.48. The molecule has 104 valence electrons. The minimum atomic E-state index is 0.312. The van der Waals surface area contributed by atoms with Gasteiger partial charge in [-0.1, -0.05) is 0 Å². The summed E-state index contributed by atoms with van der Waals surface area (Å²) in [6.07, 6.45) is 1.41. The number of methoxy groups -OCH3 is 1. The zero-order chi connectivity index (χ0) is 14.3. The number of nitrogens with zero attached hydrogens (tertiary/aromatic N) is 5. The van der Waals surface area contributed by atoms with Crippen molar-refractivity contribution in [3.8, 4) is 5.88 Å². The molecule has 3 heterocycles. The summed E-state index contributed by atoms with van der Waals surface area (Å²) in [6.45, 7) is 4.12. The fraction of sp³-hybridized carbons (Fsp3) is 0.333. The Morgan fingerprint density at radius 1 is 1.30 bits per heavy atom. The van der Waals surface area contributed by atoms with Crippen molar-refractivity contribution in [2.75, 3.05) is 12.8 Å². The van der Waals surface area contributed by atoms with Crippen molar-refractivity contribution in [3.05, 3.63) is 23.7 Å². The van der Waals surface area contributed by atoms with Crippen LogP contribution < -0.4 is 10.5 Å². The van der Waals surface area contributed by atoms with Crippen molar-refractivity contribution in [1.29, 1.82) is 0 Å². The molecule has 3 aromatic heterocycles. The van der Waals surface area contributed by atoms with Crippen LogP contribution in [0, 0.1) is 13.8 Å². The Balaban J connectivity index is 2.09. The lowest BCUT2D eigenvalue weighted by molar-refractivity contribution is 0.401. The molecule has 8 nitrogen and oxygen atoms in total. The van der Waals surface area contributed by atoms with Crippen LogP contribution in [0.4, 0.5) is 5.95 Å². The van der Waals surface area contributed by atoms with Gasteiger partial charge in [0.05, 0.1) is 12.8 Å². The molecule has 0 amide bonds. The maximum atomic E-state index is 5.93. The normalized spacial score (nSPS) is 11.2. The minimum absolute atomic E-state index is 0.312. The summed E-state index contributed by atoms with van der Waals surface area (Å²) >= 11 is 0. The summed E-state index contributed by atoms with van der Waals surface area (Å²) < 4.78 is 12.4. The number of nitrogen functional groups attached to an aromatic ring is 1. The highest BCUT2D eigenvalue weighted by Gasteiger charge is 2.16. The average Bonchev–Trinajstić information content (AvgIpc) is 2.91. The van der Waals surface area contributed by atoms with Crippen LogP contribution in [0.3, 0.4) is 0 Å². The predicted molar refractivity (Wildman–Crippen MR) is 71.4 cm³/mol. The van der Waals surface area contributed by atoms with E-state index in [-0.39, 0.29) is 0 Å². The largest absolute Gasteiger partial charge is 0.479 e. The molecule has 2 N–H and O–H groups in total. The Hall–Kier alpha value is -2.64. The van der Waals surface area contributed by atoms with Gasteiger partial charge in [-0.2, -0.15) is 4.98 Å². The number of ether oxygens (including phenoxy) is 1. The maximum Gasteiger partial charge on any atom is 0.245 e. The van der Waals surface area contributed by atoms with E-state index in [1.165, 1.54) is 13.4 Å². The van der Waals surface area contributed by atoms with Crippen molar-refractivity contribution in [2.24, 2.45) is 0 Å². The first-order valence-electron chi connectivity index (χ1n) is 6.03. The molecule has 0 atom stereocenters. The third-order valence-electron chi connectivity index (χ3n) is 3.09. The van der Waals surface area contributed by atoms with Gasteiger partial charge in [0.25, 0.3) is 0 Å². The van der Waals surface area contributed by atoms with Crippen LogP contribution in [0.2, 0.25) is 0 Å². The number of imidazole rings is 1. The Kier molecular flexibility index (Phi) is 2.78. The van der Waals surface area contributed by atoms with Gasteiger partial charge in [0.1, 0.15) is 18.6 Å². The quantitative estimate of drug-likeness (QED) is 0.761. The highest BCUT2D eigenvalue weighted by atomic mass is 16.5. The molecule has 0 aliphatic heterocycles. The van der Waals surface area contributed by atoms with E-state index in [9.17, 15) is 0 Å². The lowest BCUT2D eigenvalue weighted by Gasteiger charge is -2.02. The van der Waals surface area contributed by atoms with E-state index in [0.29, 0.717) is 35.4 Å². The summed E-state index contributed by atoms with van der Waals surface area (Å²) in [5.74, 6) is 2.05. The summed E-state index contributed by atoms with van der Waals surface area (Å²) in [4.78, 5) is 16.8. The molecule has 0 saturated carbocycles. The minimum Gasteiger partial charge on any atom is -0.479 e. The van der Waals surface area contributed by atoms with E-state index in [4.69, 9.17) is 14.9 Å². The SMILES string of the molecule is COc1ncnc2c1nc(N)n2Cc1nc(C)c(C)o1. The number of hydrogen-bond donors (Lipinski definition) is 1. The Morgan fingerprint density at radius 2 is 2.10 bits per heavy atom. The molecular formula is C12H14N6O2. The molecule has 0 spiro atoms. The van der Waals surface area contributed by atoms with Crippen LogP contribution in [0.1, 0.15) is 17.3 Å². The molecule has 0 aliphatic rings. The number of nitrogens with two attached hydrogens (primary N) is 1. The van der Waals surface area contributed by atoms with E-state index in [1.54, 1.807) is 4.57 Å². The molecule has 0 fully saturated rings. The summed E-state index contributed by atoms with van der Waals surface area (Å²) in [6, 6.07) is 0. The Labute approximate surface area is 114 Å². The highest BCUT2D eigenvalue weighted by Crippen LogP contribution is 2.23. The third-order valence-corrected chi connectivity index (χ3v) is 3.09. The fourth-order valence-electron chi connectivity index (χ4n) is 1.98. The second-order valence-electron chi connectivity index (χ2n) is 4.36. The zero-order valence-electron chi connectivity index (χ0n) is 11.4. The molecule has 8 heteroatoms. The van der Waals surface area contributed by atoms with Crippen molar-refractivity contribution in [1.82, 2.24) is 24.5 Å². The fourth-order valence-corrected chi connectivity index (χ4v) is 1.98. The first-order valence-corrected chi connectivity index (χ1v) is 6.03. The summed E-state index contributed by atoms with van der Waals surface area (Å²) in [5.41, 5.74) is 7.89. The molecular weight excluding hydrogens is 260 g/mol. The molecule has 0 bridgehead atoms. The van der Waals surface area contributed by atoms with Gasteiger partial charge in [-0.25, -0.2) is 15.0 Å². The first-order chi connectivity index (χ1) is 9.60. The van der Waals surface area contributed by atoms with Gasteiger partial charge in [-0.15, -0.1) is 0 Å². The van der Waals surface area contributed by atoms with Crippen LogP contribution in [-0.4, -0.2) is 31.6 Å². The molecule has 3 rings (SSSR count). The average molecular weight is 274 g/mol. The van der Waals surface area contributed by atoms with Gasteiger partial charge in [0.2, 0.25) is 17.7 Å². The first kappa shape index (κ1) is 12.4. The van der Waals surface area contributed by atoms with Crippen LogP contribution in [0.25, 0.3) is 11.2 Å². The van der Waals surface area contributed by atoms with Gasteiger partial charge < -0.3 is 14.9 Å². The van der Waals surface area contributed by atoms with E-state index < -0.39 is 0 Å². The summed E-state index contributed by atoms with van der Waals surface area (Å²) in [5, 5.41) is 0. The van der Waals surface area contributed by atoms with Crippen LogP contribution in [0.5, 0.6) is 5.88 Å². The van der Waals surface area contributed by atoms with Gasteiger partial charge in [-0.3, -0.25) is 4.57 Å². The third kappa shape index (κ3) is 1.85. The molecule has 0 radical (unpaired) electrons. The number of fused-ring (bicyclic) bond motifs is 1. The Bertz CT molecular complexity index is 756. The van der Waals surface area contributed by atoms with Crippen molar-refractivity contribution >= 4 is 17.1 Å². The molecule has 20 heavy (non-hydrogen) atoms. The number of hydrogen-bond acceptors (Lipinski definition) is 7. The molecule has 0 aromatic carbocycles. The van der Waals surface area contributed by atoms with E-state index in [2.05, 4.69) is 19.9 Å². The lowest BCUT2D eigenvalue weighted by atomic mass is 10.4. The standard InChI is InChI=1S/C12H14N6O2/c1-6-7(2)20-8(16-6)4-18-10-9(17-12(18)13)11(19-3)15-5-14-10/h5H,4H2,1-3H3,(H2,13,17). The van der Waals surface area contributed by atoms with Crippen LogP contribution >= 0.6 is 0 Å². The van der Waals surface area contributed by atoms with E-state index in [1.807, 2.05) is 13.8 Å². The van der Waals surface area contributed by atoms with E-state index in [0.717, 1.165) is 11.5 Å². The van der Waals surface area contributed by atoms with Crippen LogP contribution in [-0.2, 0) is 6.54 Å². The lowest BCUT2D eigenvalue weighted by Crippen LogP contribution is -2.05. The number of aromatic nitrogens is 5.